The van der Waals surface area contributed by atoms with Gasteiger partial charge in [0.25, 0.3) is 5.91 Å². The van der Waals surface area contributed by atoms with E-state index in [1.165, 1.54) is 4.63 Å². The summed E-state index contributed by atoms with van der Waals surface area (Å²) in [6.07, 6.45) is 3.60. The van der Waals surface area contributed by atoms with Gasteiger partial charge in [-0.25, -0.2) is 0 Å². The summed E-state index contributed by atoms with van der Waals surface area (Å²) in [5.41, 5.74) is 2.21. The summed E-state index contributed by atoms with van der Waals surface area (Å²) in [6, 6.07) is 11.2. The number of fused-ring (bicyclic) bond motifs is 1. The minimum atomic E-state index is -0.160. The molecule has 0 saturated carbocycles. The van der Waals surface area contributed by atoms with Crippen LogP contribution in [-0.4, -0.2) is 64.9 Å². The SMILES string of the molecule is O=C(NCCCCN1CCN(c2cccc(Cl)c2Cl)CC1)c1cc2cccnn2n1. The number of carbonyl (C=O) groups excluding carboxylic acids is 1. The summed E-state index contributed by atoms with van der Waals surface area (Å²) in [7, 11) is 0. The van der Waals surface area contributed by atoms with Crippen molar-refractivity contribution in [3.05, 3.63) is 58.3 Å². The molecule has 0 unspecified atom stereocenters. The first-order chi connectivity index (χ1) is 14.6. The van der Waals surface area contributed by atoms with Crippen LogP contribution in [0.15, 0.2) is 42.6 Å². The van der Waals surface area contributed by atoms with Gasteiger partial charge in [-0.15, -0.1) is 5.10 Å². The van der Waals surface area contributed by atoms with E-state index in [2.05, 4.69) is 25.3 Å². The van der Waals surface area contributed by atoms with Crippen molar-refractivity contribution in [1.29, 1.82) is 0 Å². The number of rotatable bonds is 7. The van der Waals surface area contributed by atoms with E-state index >= 15 is 0 Å². The summed E-state index contributed by atoms with van der Waals surface area (Å²) < 4.78 is 1.46. The summed E-state index contributed by atoms with van der Waals surface area (Å²) in [5.74, 6) is -0.160. The van der Waals surface area contributed by atoms with Crippen LogP contribution in [0.4, 0.5) is 5.69 Å². The Morgan fingerprint density at radius 2 is 1.90 bits per heavy atom. The average Bonchev–Trinajstić information content (AvgIpc) is 3.20. The highest BCUT2D eigenvalue weighted by atomic mass is 35.5. The maximum atomic E-state index is 12.3. The number of unbranched alkanes of at least 4 members (excludes halogenated alkanes) is 1. The van der Waals surface area contributed by atoms with Gasteiger partial charge in [-0.3, -0.25) is 9.69 Å². The zero-order valence-electron chi connectivity index (χ0n) is 16.6. The monoisotopic (exact) mass is 446 g/mol. The zero-order chi connectivity index (χ0) is 20.9. The van der Waals surface area contributed by atoms with Gasteiger partial charge in [0.2, 0.25) is 0 Å². The third-order valence-electron chi connectivity index (χ3n) is 5.31. The second kappa shape index (κ2) is 9.64. The Bertz CT molecular complexity index is 983. The summed E-state index contributed by atoms with van der Waals surface area (Å²) in [6.45, 7) is 5.49. The Hall–Kier alpha value is -2.35. The molecule has 158 valence electrons. The van der Waals surface area contributed by atoms with Crippen molar-refractivity contribution in [3.8, 4) is 0 Å². The molecule has 3 aromatic rings. The summed E-state index contributed by atoms with van der Waals surface area (Å²) >= 11 is 12.5. The predicted octanol–water partition coefficient (Wildman–Crippen LogP) is 3.37. The number of benzene rings is 1. The van der Waals surface area contributed by atoms with E-state index in [9.17, 15) is 4.79 Å². The number of carbonyl (C=O) groups is 1. The number of nitrogens with zero attached hydrogens (tertiary/aromatic N) is 5. The molecule has 0 aliphatic carbocycles. The highest BCUT2D eigenvalue weighted by Gasteiger charge is 2.19. The molecule has 1 aliphatic rings. The first kappa shape index (κ1) is 20.9. The van der Waals surface area contributed by atoms with Gasteiger partial charge in [0, 0.05) is 38.9 Å². The van der Waals surface area contributed by atoms with Crippen LogP contribution in [0.25, 0.3) is 5.52 Å². The Labute approximate surface area is 185 Å². The van der Waals surface area contributed by atoms with E-state index in [0.717, 1.165) is 56.8 Å². The van der Waals surface area contributed by atoms with E-state index < -0.39 is 0 Å². The standard InChI is InChI=1S/C21H24Cl2N6O/c22-17-6-3-7-19(20(17)23)28-13-11-27(12-14-28)10-2-1-8-24-21(30)18-15-16-5-4-9-25-29(16)26-18/h3-7,9,15H,1-2,8,10-14H2,(H,24,30). The van der Waals surface area contributed by atoms with Gasteiger partial charge < -0.3 is 10.2 Å². The number of anilines is 1. The van der Waals surface area contributed by atoms with Crippen LogP contribution in [0, 0.1) is 0 Å². The van der Waals surface area contributed by atoms with Crippen molar-refractivity contribution in [2.24, 2.45) is 0 Å². The molecular formula is C21H24Cl2N6O. The van der Waals surface area contributed by atoms with Gasteiger partial charge >= 0.3 is 0 Å². The number of halogens is 2. The Morgan fingerprint density at radius 3 is 2.70 bits per heavy atom. The van der Waals surface area contributed by atoms with Crippen LogP contribution in [0.5, 0.6) is 0 Å². The molecule has 2 aromatic heterocycles. The molecule has 0 spiro atoms. The number of piperazine rings is 1. The summed E-state index contributed by atoms with van der Waals surface area (Å²) in [5, 5.41) is 12.4. The van der Waals surface area contributed by atoms with Crippen LogP contribution in [0.1, 0.15) is 23.3 Å². The van der Waals surface area contributed by atoms with Crippen LogP contribution in [-0.2, 0) is 0 Å². The first-order valence-electron chi connectivity index (χ1n) is 10.1. The van der Waals surface area contributed by atoms with Gasteiger partial charge in [-0.2, -0.15) is 9.73 Å². The van der Waals surface area contributed by atoms with Crippen molar-refractivity contribution in [3.63, 3.8) is 0 Å². The van der Waals surface area contributed by atoms with Crippen molar-refractivity contribution < 1.29 is 4.79 Å². The molecule has 30 heavy (non-hydrogen) atoms. The highest BCUT2D eigenvalue weighted by Crippen LogP contribution is 2.32. The second-order valence-corrected chi connectivity index (χ2v) is 8.12. The Morgan fingerprint density at radius 1 is 1.07 bits per heavy atom. The van der Waals surface area contributed by atoms with Gasteiger partial charge in [0.05, 0.1) is 21.2 Å². The van der Waals surface area contributed by atoms with E-state index in [1.54, 1.807) is 12.3 Å². The number of hydrogen-bond acceptors (Lipinski definition) is 5. The van der Waals surface area contributed by atoms with Gasteiger partial charge in [-0.1, -0.05) is 29.3 Å². The third kappa shape index (κ3) is 4.86. The predicted molar refractivity (Wildman–Crippen MR) is 120 cm³/mol. The minimum Gasteiger partial charge on any atom is -0.368 e. The average molecular weight is 447 g/mol. The molecule has 0 bridgehead atoms. The molecule has 9 heteroatoms. The number of nitrogens with one attached hydrogen (secondary N) is 1. The van der Waals surface area contributed by atoms with Gasteiger partial charge in [-0.05, 0) is 49.7 Å². The van der Waals surface area contributed by atoms with E-state index in [-0.39, 0.29) is 5.91 Å². The molecule has 4 rings (SSSR count). The molecule has 1 saturated heterocycles. The van der Waals surface area contributed by atoms with Crippen molar-refractivity contribution in [2.45, 2.75) is 12.8 Å². The fraction of sp³-hybridized carbons (Fsp3) is 0.381. The molecule has 0 atom stereocenters. The zero-order valence-corrected chi connectivity index (χ0v) is 18.1. The van der Waals surface area contributed by atoms with Gasteiger partial charge in [0.15, 0.2) is 5.69 Å². The van der Waals surface area contributed by atoms with Crippen LogP contribution < -0.4 is 10.2 Å². The molecule has 3 heterocycles. The highest BCUT2D eigenvalue weighted by molar-refractivity contribution is 6.43. The molecule has 1 fully saturated rings. The lowest BCUT2D eigenvalue weighted by Gasteiger charge is -2.36. The smallest absolute Gasteiger partial charge is 0.271 e. The number of amides is 1. The fourth-order valence-electron chi connectivity index (χ4n) is 3.65. The van der Waals surface area contributed by atoms with Crippen LogP contribution in [0.3, 0.4) is 0 Å². The third-order valence-corrected chi connectivity index (χ3v) is 6.12. The second-order valence-electron chi connectivity index (χ2n) is 7.33. The van der Waals surface area contributed by atoms with E-state index in [0.29, 0.717) is 22.3 Å². The number of hydrogen-bond donors (Lipinski definition) is 1. The Kier molecular flexibility index (Phi) is 6.72. The van der Waals surface area contributed by atoms with Crippen LogP contribution in [0.2, 0.25) is 10.0 Å². The van der Waals surface area contributed by atoms with E-state index in [1.807, 2.05) is 30.3 Å². The fourth-order valence-corrected chi connectivity index (χ4v) is 4.06. The molecular weight excluding hydrogens is 423 g/mol. The topological polar surface area (TPSA) is 65.8 Å². The first-order valence-corrected chi connectivity index (χ1v) is 10.9. The lowest BCUT2D eigenvalue weighted by Crippen LogP contribution is -2.46. The maximum Gasteiger partial charge on any atom is 0.271 e. The van der Waals surface area contributed by atoms with Gasteiger partial charge in [0.1, 0.15) is 0 Å². The van der Waals surface area contributed by atoms with E-state index in [4.69, 9.17) is 23.2 Å². The maximum absolute atomic E-state index is 12.3. The molecule has 1 aliphatic heterocycles. The lowest BCUT2D eigenvalue weighted by molar-refractivity contribution is 0.0947. The lowest BCUT2D eigenvalue weighted by atomic mass is 10.2. The molecule has 1 N–H and O–H groups in total. The summed E-state index contributed by atoms with van der Waals surface area (Å²) in [4.78, 5) is 17.0. The van der Waals surface area contributed by atoms with Crippen molar-refractivity contribution >= 4 is 40.3 Å². The molecule has 0 radical (unpaired) electrons. The van der Waals surface area contributed by atoms with Crippen LogP contribution >= 0.6 is 23.2 Å². The number of aromatic nitrogens is 3. The van der Waals surface area contributed by atoms with Crippen molar-refractivity contribution in [1.82, 2.24) is 25.0 Å². The Balaban J connectivity index is 1.15. The molecule has 7 nitrogen and oxygen atoms in total. The minimum absolute atomic E-state index is 0.160. The largest absolute Gasteiger partial charge is 0.368 e. The quantitative estimate of drug-likeness (QED) is 0.563. The molecule has 1 aromatic carbocycles. The normalized spacial score (nSPS) is 14.9. The van der Waals surface area contributed by atoms with Crippen molar-refractivity contribution in [2.75, 3.05) is 44.2 Å². The molecule has 1 amide bonds.